The molecule has 0 amide bonds. The van der Waals surface area contributed by atoms with Crippen molar-refractivity contribution in [3.63, 3.8) is 0 Å². The zero-order chi connectivity index (χ0) is 11.1. The van der Waals surface area contributed by atoms with Gasteiger partial charge in [-0.1, -0.05) is 30.3 Å². The van der Waals surface area contributed by atoms with Gasteiger partial charge in [-0.05, 0) is 11.5 Å². The van der Waals surface area contributed by atoms with Crippen LogP contribution in [0.15, 0.2) is 41.3 Å². The average Bonchev–Trinajstić information content (AvgIpc) is 2.15. The summed E-state index contributed by atoms with van der Waals surface area (Å²) >= 11 is 0. The summed E-state index contributed by atoms with van der Waals surface area (Å²) < 4.78 is 31.1. The monoisotopic (exact) mass is 248 g/mol. The van der Waals surface area contributed by atoms with Gasteiger partial charge in [0.15, 0.2) is 0 Å². The van der Waals surface area contributed by atoms with Gasteiger partial charge in [0, 0.05) is 5.39 Å². The van der Waals surface area contributed by atoms with Crippen LogP contribution in [0.5, 0.6) is 5.75 Å². The molecule has 0 bridgehead atoms. The first-order valence-corrected chi connectivity index (χ1v) is 5.62. The van der Waals surface area contributed by atoms with Crippen molar-refractivity contribution >= 4 is 50.4 Å². The van der Waals surface area contributed by atoms with Crippen molar-refractivity contribution in [1.82, 2.24) is 0 Å². The Hall–Kier alpha value is -0.590. The van der Waals surface area contributed by atoms with Crippen LogP contribution in [0.1, 0.15) is 0 Å². The van der Waals surface area contributed by atoms with Crippen LogP contribution in [0, 0.1) is 0 Å². The zero-order valence-electron chi connectivity index (χ0n) is 7.58. The number of hydrogen-bond donors (Lipinski definition) is 2. The number of phenolic OH excluding ortho intramolecular Hbond substituents is 1. The molecule has 6 heteroatoms. The Morgan fingerprint density at radius 3 is 2.25 bits per heavy atom. The van der Waals surface area contributed by atoms with Crippen LogP contribution in [0.25, 0.3) is 10.8 Å². The Kier molecular flexibility index (Phi) is 3.98. The maximum atomic E-state index is 11.1. The fourth-order valence-corrected chi connectivity index (χ4v) is 2.30. The molecule has 0 saturated carbocycles. The van der Waals surface area contributed by atoms with E-state index in [1.165, 1.54) is 12.1 Å². The van der Waals surface area contributed by atoms with Gasteiger partial charge in [-0.2, -0.15) is 8.42 Å². The first-order valence-electron chi connectivity index (χ1n) is 4.18. The first-order chi connectivity index (χ1) is 7.00. The number of hydrogen-bond acceptors (Lipinski definition) is 3. The minimum atomic E-state index is -4.41. The number of rotatable bonds is 1. The average molecular weight is 248 g/mol. The second kappa shape index (κ2) is 4.73. The molecule has 0 spiro atoms. The number of benzene rings is 2. The van der Waals surface area contributed by atoms with Gasteiger partial charge < -0.3 is 5.11 Å². The molecule has 0 aliphatic heterocycles. The molecule has 0 unspecified atom stereocenters. The van der Waals surface area contributed by atoms with Crippen LogP contribution >= 0.6 is 0 Å². The summed E-state index contributed by atoms with van der Waals surface area (Å²) in [6, 6.07) is 9.43. The van der Waals surface area contributed by atoms with E-state index in [-0.39, 0.29) is 29.6 Å². The predicted octanol–water partition coefficient (Wildman–Crippen LogP) is 1.14. The Morgan fingerprint density at radius 1 is 1.00 bits per heavy atom. The summed E-state index contributed by atoms with van der Waals surface area (Å²) in [5.74, 6) is -0.448. The van der Waals surface area contributed by atoms with Crippen LogP contribution in [-0.4, -0.2) is 47.6 Å². The van der Waals surface area contributed by atoms with E-state index >= 15 is 0 Å². The van der Waals surface area contributed by atoms with Gasteiger partial charge >= 0.3 is 29.6 Å². The summed E-state index contributed by atoms with van der Waals surface area (Å²) in [6.45, 7) is 0. The summed E-state index contributed by atoms with van der Waals surface area (Å²) in [5, 5.41) is 10.4. The molecule has 0 atom stereocenters. The third-order valence-electron chi connectivity index (χ3n) is 2.12. The predicted molar refractivity (Wildman–Crippen MR) is 62.6 cm³/mol. The van der Waals surface area contributed by atoms with Crippen molar-refractivity contribution in [1.29, 1.82) is 0 Å². The van der Waals surface area contributed by atoms with E-state index in [0.29, 0.717) is 10.8 Å². The van der Waals surface area contributed by atoms with Crippen LogP contribution in [0.4, 0.5) is 0 Å². The van der Waals surface area contributed by atoms with Gasteiger partial charge in [-0.25, -0.2) is 0 Å². The molecule has 0 aliphatic carbocycles. The van der Waals surface area contributed by atoms with Crippen LogP contribution < -0.4 is 0 Å². The molecule has 0 aliphatic rings. The van der Waals surface area contributed by atoms with E-state index in [0.717, 1.165) is 0 Å². The SMILES string of the molecule is O=S(=O)(O)c1c(O)ccc2ccccc12.[NaH]. The molecule has 2 rings (SSSR count). The number of phenols is 1. The van der Waals surface area contributed by atoms with Crippen LogP contribution in [-0.2, 0) is 10.1 Å². The molecule has 2 N–H and O–H groups in total. The molecule has 2 aromatic rings. The normalized spacial score (nSPS) is 11.1. The molecular weight excluding hydrogens is 239 g/mol. The Balaban J connectivity index is 0.00000128. The standard InChI is InChI=1S/C10H8O4S.Na.H/c11-9-6-5-7-3-1-2-4-8(7)10(9)15(12,13)14;;/h1-6,11H,(H,12,13,14);;. The molecule has 0 fully saturated rings. The maximum absolute atomic E-state index is 11.1. The van der Waals surface area contributed by atoms with Crippen LogP contribution in [0.3, 0.4) is 0 Å². The van der Waals surface area contributed by atoms with E-state index in [1.807, 2.05) is 0 Å². The number of fused-ring (bicyclic) bond motifs is 1. The van der Waals surface area contributed by atoms with E-state index in [9.17, 15) is 13.5 Å². The molecule has 16 heavy (non-hydrogen) atoms. The first kappa shape index (κ1) is 13.5. The van der Waals surface area contributed by atoms with Crippen molar-refractivity contribution in [2.24, 2.45) is 0 Å². The van der Waals surface area contributed by atoms with E-state index < -0.39 is 20.8 Å². The van der Waals surface area contributed by atoms with Crippen molar-refractivity contribution < 1.29 is 18.1 Å². The molecule has 0 aromatic heterocycles. The second-order valence-corrected chi connectivity index (χ2v) is 4.47. The summed E-state index contributed by atoms with van der Waals surface area (Å²) in [5.41, 5.74) is 0. The van der Waals surface area contributed by atoms with Gasteiger partial charge in [-0.15, -0.1) is 0 Å². The van der Waals surface area contributed by atoms with Gasteiger partial charge in [0.05, 0.1) is 0 Å². The Morgan fingerprint density at radius 2 is 1.62 bits per heavy atom. The second-order valence-electron chi connectivity index (χ2n) is 3.11. The topological polar surface area (TPSA) is 74.6 Å². The Labute approximate surface area is 115 Å². The molecule has 2 aromatic carbocycles. The quantitative estimate of drug-likeness (QED) is 0.586. The summed E-state index contributed by atoms with van der Waals surface area (Å²) in [7, 11) is -4.41. The van der Waals surface area contributed by atoms with Crippen LogP contribution in [0.2, 0.25) is 0 Å². The number of aromatic hydroxyl groups is 1. The minimum absolute atomic E-state index is 0. The van der Waals surface area contributed by atoms with Gasteiger partial charge in [-0.3, -0.25) is 4.55 Å². The van der Waals surface area contributed by atoms with Gasteiger partial charge in [0.2, 0.25) is 0 Å². The van der Waals surface area contributed by atoms with E-state index in [2.05, 4.69) is 0 Å². The fraction of sp³-hybridized carbons (Fsp3) is 0. The van der Waals surface area contributed by atoms with Crippen molar-refractivity contribution in [2.75, 3.05) is 0 Å². The third kappa shape index (κ3) is 2.39. The zero-order valence-corrected chi connectivity index (χ0v) is 8.40. The van der Waals surface area contributed by atoms with Crippen molar-refractivity contribution in [2.45, 2.75) is 4.90 Å². The molecule has 80 valence electrons. The molecule has 0 saturated heterocycles. The Bertz CT molecular complexity index is 622. The third-order valence-corrected chi connectivity index (χ3v) is 3.06. The van der Waals surface area contributed by atoms with Gasteiger partial charge in [0.1, 0.15) is 10.6 Å². The molecule has 0 heterocycles. The van der Waals surface area contributed by atoms with E-state index in [4.69, 9.17) is 4.55 Å². The molecule has 0 radical (unpaired) electrons. The van der Waals surface area contributed by atoms with Crippen molar-refractivity contribution in [3.05, 3.63) is 36.4 Å². The fourth-order valence-electron chi connectivity index (χ4n) is 1.50. The van der Waals surface area contributed by atoms with Gasteiger partial charge in [0.25, 0.3) is 10.1 Å². The molecule has 4 nitrogen and oxygen atoms in total. The summed E-state index contributed by atoms with van der Waals surface area (Å²) in [4.78, 5) is -0.444. The molecular formula is C10H9NaO4S. The van der Waals surface area contributed by atoms with Crippen molar-refractivity contribution in [3.8, 4) is 5.75 Å². The van der Waals surface area contributed by atoms with E-state index in [1.54, 1.807) is 24.3 Å². The summed E-state index contributed by atoms with van der Waals surface area (Å²) in [6.07, 6.45) is 0.